The lowest BCUT2D eigenvalue weighted by atomic mass is 10.2. The van der Waals surface area contributed by atoms with Gasteiger partial charge in [-0.05, 0) is 35.0 Å². The summed E-state index contributed by atoms with van der Waals surface area (Å²) in [4.78, 5) is 25.7. The monoisotopic (exact) mass is 527 g/mol. The fourth-order valence-corrected chi connectivity index (χ4v) is 3.76. The number of H-pyrrole nitrogens is 1. The third-order valence-electron chi connectivity index (χ3n) is 4.34. The highest BCUT2D eigenvalue weighted by Crippen LogP contribution is 2.30. The minimum atomic E-state index is -0.673. The van der Waals surface area contributed by atoms with Crippen LogP contribution in [0.2, 0.25) is 10.0 Å². The molecule has 1 atom stereocenters. The first-order chi connectivity index (χ1) is 14.7. The number of anilines is 3. The maximum atomic E-state index is 13.9. The van der Waals surface area contributed by atoms with E-state index in [4.69, 9.17) is 34.7 Å². The Morgan fingerprint density at radius 2 is 2.00 bits per heavy atom. The number of nitrogen functional groups attached to an aromatic ring is 2. The molecule has 0 aliphatic heterocycles. The highest BCUT2D eigenvalue weighted by molar-refractivity contribution is 9.10. The molecule has 3 aromatic heterocycles. The number of benzene rings is 1. The lowest BCUT2D eigenvalue weighted by Gasteiger charge is -2.20. The first-order valence-corrected chi connectivity index (χ1v) is 10.2. The molecule has 1 aromatic carbocycles. The van der Waals surface area contributed by atoms with Crippen LogP contribution in [0, 0.1) is 5.82 Å². The molecule has 0 aliphatic rings. The van der Waals surface area contributed by atoms with Crippen LogP contribution < -0.4 is 22.3 Å². The van der Waals surface area contributed by atoms with Gasteiger partial charge in [0.05, 0.1) is 26.4 Å². The number of rotatable bonds is 4. The van der Waals surface area contributed by atoms with Crippen molar-refractivity contribution in [2.75, 3.05) is 16.8 Å². The first-order valence-electron chi connectivity index (χ1n) is 8.63. The summed E-state index contributed by atoms with van der Waals surface area (Å²) >= 11 is 15.7. The van der Waals surface area contributed by atoms with Crippen molar-refractivity contribution in [3.05, 3.63) is 54.8 Å². The zero-order valence-electron chi connectivity index (χ0n) is 15.6. The minimum absolute atomic E-state index is 0.00981. The normalized spacial score (nSPS) is 12.3. The molecular weight excluding hydrogens is 516 g/mol. The van der Waals surface area contributed by atoms with Crippen LogP contribution in [0.5, 0.6) is 0 Å². The van der Waals surface area contributed by atoms with Crippen LogP contribution in [-0.2, 0) is 0 Å². The molecule has 0 saturated carbocycles. The number of aromatic amines is 1. The second kappa shape index (κ2) is 7.94. The molecule has 4 aromatic rings. The van der Waals surface area contributed by atoms with Gasteiger partial charge in [-0.3, -0.25) is 9.89 Å². The van der Waals surface area contributed by atoms with Gasteiger partial charge < -0.3 is 16.8 Å². The number of halogens is 4. The molecule has 160 valence electrons. The summed E-state index contributed by atoms with van der Waals surface area (Å²) in [6.07, 6.45) is 1.54. The second-order valence-corrected chi connectivity index (χ2v) is 8.09. The molecule has 0 spiro atoms. The summed E-state index contributed by atoms with van der Waals surface area (Å²) in [7, 11) is 0. The van der Waals surface area contributed by atoms with Gasteiger partial charge >= 0.3 is 0 Å². The van der Waals surface area contributed by atoms with Crippen LogP contribution in [0.25, 0.3) is 16.7 Å². The molecule has 31 heavy (non-hydrogen) atoms. The topological polar surface area (TPSA) is 153 Å². The van der Waals surface area contributed by atoms with Crippen molar-refractivity contribution in [1.29, 1.82) is 0 Å². The number of hydrogen-bond donors (Lipinski definition) is 4. The highest BCUT2D eigenvalue weighted by atomic mass is 79.9. The maximum absolute atomic E-state index is 13.9. The Hall–Kier alpha value is -2.96. The summed E-state index contributed by atoms with van der Waals surface area (Å²) in [6, 6.07) is 1.47. The number of nitrogens with zero attached hydrogens (tertiary/aromatic N) is 5. The fourth-order valence-electron chi connectivity index (χ4n) is 3.00. The Labute approximate surface area is 191 Å². The van der Waals surface area contributed by atoms with Crippen LogP contribution in [0.15, 0.2) is 27.6 Å². The van der Waals surface area contributed by atoms with E-state index in [1.54, 1.807) is 6.92 Å². The minimum Gasteiger partial charge on any atom is -0.382 e. The second-order valence-electron chi connectivity index (χ2n) is 6.45. The smallest absolute Gasteiger partial charge is 0.267 e. The zero-order valence-corrected chi connectivity index (χ0v) is 18.7. The number of hydrogen-bond acceptors (Lipinski definition) is 8. The largest absolute Gasteiger partial charge is 0.382 e. The molecule has 0 radical (unpaired) electrons. The van der Waals surface area contributed by atoms with Gasteiger partial charge in [0.25, 0.3) is 5.56 Å². The first kappa shape index (κ1) is 21.3. The quantitative estimate of drug-likeness (QED) is 0.314. The number of fused-ring (bicyclic) bond motifs is 1. The lowest BCUT2D eigenvalue weighted by Crippen LogP contribution is -2.28. The molecule has 0 aliphatic carbocycles. The van der Waals surface area contributed by atoms with E-state index in [9.17, 15) is 9.18 Å². The summed E-state index contributed by atoms with van der Waals surface area (Å²) in [5.41, 5.74) is 11.0. The third-order valence-corrected chi connectivity index (χ3v) is 5.58. The van der Waals surface area contributed by atoms with E-state index in [1.165, 1.54) is 10.8 Å². The summed E-state index contributed by atoms with van der Waals surface area (Å²) < 4.78 is 15.6. The standard InChI is InChI=1S/C17H13BrCl2FN9O/c1-5(25-13-10(20)12(22)27-17(23)28-13)14-26-11-7(2-6(21)3-9(11)19)16(31)30(14)15-8(18)4-24-29-15/h2-5H,1H3,(H,24,29)(H5,22,23,25,27,28)/t5-/m0/s1. The number of nitrogens with two attached hydrogens (primary N) is 2. The Kier molecular flexibility index (Phi) is 5.45. The molecule has 0 bridgehead atoms. The van der Waals surface area contributed by atoms with Gasteiger partial charge in [-0.15, -0.1) is 0 Å². The van der Waals surface area contributed by atoms with Crippen molar-refractivity contribution in [1.82, 2.24) is 29.7 Å². The van der Waals surface area contributed by atoms with E-state index >= 15 is 0 Å². The number of nitrogens with one attached hydrogen (secondary N) is 2. The predicted octanol–water partition coefficient (Wildman–Crippen LogP) is 3.44. The van der Waals surface area contributed by atoms with Gasteiger partial charge in [-0.1, -0.05) is 23.2 Å². The van der Waals surface area contributed by atoms with Crippen LogP contribution in [0.1, 0.15) is 18.8 Å². The summed E-state index contributed by atoms with van der Waals surface area (Å²) in [5.74, 6) is -0.203. The Morgan fingerprint density at radius 3 is 2.68 bits per heavy atom. The molecule has 4 rings (SSSR count). The van der Waals surface area contributed by atoms with Gasteiger partial charge in [0.15, 0.2) is 11.6 Å². The third kappa shape index (κ3) is 3.77. The van der Waals surface area contributed by atoms with Crippen molar-refractivity contribution < 1.29 is 4.39 Å². The lowest BCUT2D eigenvalue weighted by molar-refractivity contribution is 0.629. The van der Waals surface area contributed by atoms with E-state index in [0.717, 1.165) is 12.1 Å². The van der Waals surface area contributed by atoms with E-state index in [1.807, 2.05) is 0 Å². The summed E-state index contributed by atoms with van der Waals surface area (Å²) in [6.45, 7) is 1.70. The van der Waals surface area contributed by atoms with Crippen LogP contribution in [0.3, 0.4) is 0 Å². The summed E-state index contributed by atoms with van der Waals surface area (Å²) in [5, 5.41) is 9.80. The molecule has 0 amide bonds. The van der Waals surface area contributed by atoms with Gasteiger partial charge in [0.1, 0.15) is 22.5 Å². The SMILES string of the molecule is C[C@H](Nc1nc(N)nc(N)c1Cl)c1nc2c(Cl)cc(F)cc2c(=O)n1-c1n[nH]cc1Br. The Bertz CT molecular complexity index is 1390. The fraction of sp³-hybridized carbons (Fsp3) is 0.118. The van der Waals surface area contributed by atoms with E-state index in [2.05, 4.69) is 46.4 Å². The molecule has 0 saturated heterocycles. The van der Waals surface area contributed by atoms with E-state index < -0.39 is 17.4 Å². The maximum Gasteiger partial charge on any atom is 0.267 e. The van der Waals surface area contributed by atoms with Gasteiger partial charge in [-0.25, -0.2) is 13.9 Å². The predicted molar refractivity (Wildman–Crippen MR) is 120 cm³/mol. The Balaban J connectivity index is 1.96. The molecule has 14 heteroatoms. The molecular formula is C17H13BrCl2FN9O. The van der Waals surface area contributed by atoms with Crippen molar-refractivity contribution in [2.24, 2.45) is 0 Å². The van der Waals surface area contributed by atoms with Crippen molar-refractivity contribution in [3.8, 4) is 5.82 Å². The van der Waals surface area contributed by atoms with Crippen LogP contribution >= 0.6 is 39.1 Å². The molecule has 0 unspecified atom stereocenters. The average molecular weight is 529 g/mol. The highest BCUT2D eigenvalue weighted by Gasteiger charge is 2.23. The van der Waals surface area contributed by atoms with Gasteiger partial charge in [0, 0.05) is 6.20 Å². The van der Waals surface area contributed by atoms with Crippen LogP contribution in [-0.4, -0.2) is 29.7 Å². The molecule has 3 heterocycles. The Morgan fingerprint density at radius 1 is 1.26 bits per heavy atom. The average Bonchev–Trinajstić information content (AvgIpc) is 3.11. The van der Waals surface area contributed by atoms with Crippen molar-refractivity contribution >= 4 is 67.6 Å². The zero-order chi connectivity index (χ0) is 22.4. The van der Waals surface area contributed by atoms with E-state index in [0.29, 0.717) is 4.47 Å². The molecule has 6 N–H and O–H groups in total. The van der Waals surface area contributed by atoms with Crippen molar-refractivity contribution in [3.63, 3.8) is 0 Å². The van der Waals surface area contributed by atoms with Crippen LogP contribution in [0.4, 0.5) is 22.0 Å². The number of aromatic nitrogens is 6. The molecule has 10 nitrogen and oxygen atoms in total. The van der Waals surface area contributed by atoms with Gasteiger partial charge in [0.2, 0.25) is 5.95 Å². The van der Waals surface area contributed by atoms with Gasteiger partial charge in [-0.2, -0.15) is 15.1 Å². The van der Waals surface area contributed by atoms with E-state index in [-0.39, 0.29) is 50.2 Å². The molecule has 0 fully saturated rings. The van der Waals surface area contributed by atoms with Crippen molar-refractivity contribution in [2.45, 2.75) is 13.0 Å².